The standard InChI is InChI=1S/C8H5F3N2OS/c9-8(10,11)14-4-1-2-6-5(3-4)13-7(12)15-6/h1-3H,(H2,12,13). The number of anilines is 1. The van der Waals surface area contributed by atoms with Gasteiger partial charge in [0.25, 0.3) is 0 Å². The van der Waals surface area contributed by atoms with Gasteiger partial charge in [-0.25, -0.2) is 4.98 Å². The van der Waals surface area contributed by atoms with E-state index in [-0.39, 0.29) is 5.75 Å². The predicted molar refractivity (Wildman–Crippen MR) is 50.7 cm³/mol. The maximum atomic E-state index is 11.9. The average molecular weight is 234 g/mol. The number of thiazole rings is 1. The summed E-state index contributed by atoms with van der Waals surface area (Å²) in [6.07, 6.45) is -4.69. The van der Waals surface area contributed by atoms with Gasteiger partial charge in [0.2, 0.25) is 0 Å². The number of rotatable bonds is 1. The van der Waals surface area contributed by atoms with Crippen molar-refractivity contribution in [3.05, 3.63) is 18.2 Å². The number of halogens is 3. The van der Waals surface area contributed by atoms with E-state index in [4.69, 9.17) is 5.73 Å². The molecule has 0 aliphatic carbocycles. The Morgan fingerprint density at radius 1 is 1.33 bits per heavy atom. The monoisotopic (exact) mass is 234 g/mol. The zero-order chi connectivity index (χ0) is 11.1. The lowest BCUT2D eigenvalue weighted by atomic mass is 10.3. The summed E-state index contributed by atoms with van der Waals surface area (Å²) in [5, 5.41) is 0.314. The minimum atomic E-state index is -4.69. The number of fused-ring (bicyclic) bond motifs is 1. The Labute approximate surface area is 86.3 Å². The highest BCUT2D eigenvalue weighted by Crippen LogP contribution is 2.29. The van der Waals surface area contributed by atoms with Gasteiger partial charge in [-0.2, -0.15) is 0 Å². The fraction of sp³-hybridized carbons (Fsp3) is 0.125. The second-order valence-electron chi connectivity index (χ2n) is 2.73. The molecule has 15 heavy (non-hydrogen) atoms. The van der Waals surface area contributed by atoms with Crippen molar-refractivity contribution in [2.24, 2.45) is 0 Å². The van der Waals surface area contributed by atoms with Gasteiger partial charge < -0.3 is 10.5 Å². The molecule has 80 valence electrons. The fourth-order valence-electron chi connectivity index (χ4n) is 1.12. The van der Waals surface area contributed by atoms with Crippen LogP contribution in [-0.4, -0.2) is 11.3 Å². The van der Waals surface area contributed by atoms with E-state index >= 15 is 0 Å². The third kappa shape index (κ3) is 2.30. The lowest BCUT2D eigenvalue weighted by Crippen LogP contribution is -2.16. The number of ether oxygens (including phenoxy) is 1. The minimum Gasteiger partial charge on any atom is -0.406 e. The third-order valence-electron chi connectivity index (χ3n) is 1.61. The van der Waals surface area contributed by atoms with Crippen LogP contribution in [0.1, 0.15) is 0 Å². The minimum absolute atomic E-state index is 0.291. The Bertz CT molecular complexity index is 494. The van der Waals surface area contributed by atoms with Gasteiger partial charge >= 0.3 is 6.36 Å². The molecule has 0 aliphatic heterocycles. The molecule has 0 unspecified atom stereocenters. The van der Waals surface area contributed by atoms with Crippen molar-refractivity contribution in [1.29, 1.82) is 0 Å². The molecule has 0 saturated heterocycles. The molecule has 0 atom stereocenters. The lowest BCUT2D eigenvalue weighted by molar-refractivity contribution is -0.274. The van der Waals surface area contributed by atoms with Crippen LogP contribution in [0.3, 0.4) is 0 Å². The summed E-state index contributed by atoms with van der Waals surface area (Å²) in [5.74, 6) is -0.291. The summed E-state index contributed by atoms with van der Waals surface area (Å²) in [6, 6.07) is 3.92. The van der Waals surface area contributed by atoms with E-state index < -0.39 is 6.36 Å². The highest BCUT2D eigenvalue weighted by atomic mass is 32.1. The molecule has 0 aliphatic rings. The number of hydrogen-bond acceptors (Lipinski definition) is 4. The highest BCUT2D eigenvalue weighted by Gasteiger charge is 2.31. The molecule has 0 spiro atoms. The maximum Gasteiger partial charge on any atom is 0.573 e. The topological polar surface area (TPSA) is 48.1 Å². The Balaban J connectivity index is 2.38. The van der Waals surface area contributed by atoms with Gasteiger partial charge in [-0.1, -0.05) is 11.3 Å². The summed E-state index contributed by atoms with van der Waals surface area (Å²) >= 11 is 1.21. The number of aromatic nitrogens is 1. The molecular formula is C8H5F3N2OS. The van der Waals surface area contributed by atoms with Crippen molar-refractivity contribution in [3.8, 4) is 5.75 Å². The summed E-state index contributed by atoms with van der Waals surface area (Å²) in [6.45, 7) is 0. The Hall–Kier alpha value is -1.50. The van der Waals surface area contributed by atoms with Gasteiger partial charge in [-0.3, -0.25) is 0 Å². The third-order valence-corrected chi connectivity index (χ3v) is 2.47. The Kier molecular flexibility index (Phi) is 2.18. The molecule has 0 fully saturated rings. The van der Waals surface area contributed by atoms with Crippen LogP contribution in [0.2, 0.25) is 0 Å². The Morgan fingerprint density at radius 3 is 2.73 bits per heavy atom. The average Bonchev–Trinajstić information content (AvgIpc) is 2.40. The van der Waals surface area contributed by atoms with Crippen LogP contribution in [0.25, 0.3) is 10.2 Å². The van der Waals surface area contributed by atoms with Gasteiger partial charge in [-0.05, 0) is 12.1 Å². The number of nitrogens with zero attached hydrogens (tertiary/aromatic N) is 1. The largest absolute Gasteiger partial charge is 0.573 e. The van der Waals surface area contributed by atoms with E-state index in [1.807, 2.05) is 0 Å². The first-order valence-electron chi connectivity index (χ1n) is 3.86. The van der Waals surface area contributed by atoms with Crippen molar-refractivity contribution in [3.63, 3.8) is 0 Å². The molecule has 3 nitrogen and oxygen atoms in total. The van der Waals surface area contributed by atoms with E-state index in [1.165, 1.54) is 29.5 Å². The molecular weight excluding hydrogens is 229 g/mol. The van der Waals surface area contributed by atoms with E-state index in [1.54, 1.807) is 0 Å². The smallest absolute Gasteiger partial charge is 0.406 e. The van der Waals surface area contributed by atoms with Crippen LogP contribution in [0, 0.1) is 0 Å². The van der Waals surface area contributed by atoms with Crippen LogP contribution in [0.4, 0.5) is 18.3 Å². The van der Waals surface area contributed by atoms with Gasteiger partial charge in [0.1, 0.15) is 5.75 Å². The summed E-state index contributed by atoms with van der Waals surface area (Å²) < 4.78 is 40.1. The molecule has 1 aromatic heterocycles. The Morgan fingerprint density at radius 2 is 2.07 bits per heavy atom. The zero-order valence-electron chi connectivity index (χ0n) is 7.21. The molecule has 1 aromatic carbocycles. The quantitative estimate of drug-likeness (QED) is 0.825. The van der Waals surface area contributed by atoms with Crippen molar-refractivity contribution < 1.29 is 17.9 Å². The first kappa shape index (κ1) is 10.0. The van der Waals surface area contributed by atoms with Crippen LogP contribution in [0.15, 0.2) is 18.2 Å². The summed E-state index contributed by atoms with van der Waals surface area (Å²) in [5.41, 5.74) is 5.81. The van der Waals surface area contributed by atoms with Crippen LogP contribution in [0.5, 0.6) is 5.75 Å². The number of alkyl halides is 3. The van der Waals surface area contributed by atoms with Gasteiger partial charge in [0.15, 0.2) is 5.13 Å². The zero-order valence-corrected chi connectivity index (χ0v) is 8.02. The van der Waals surface area contributed by atoms with E-state index in [9.17, 15) is 13.2 Å². The number of hydrogen-bond donors (Lipinski definition) is 1. The van der Waals surface area contributed by atoms with Crippen LogP contribution >= 0.6 is 11.3 Å². The number of benzene rings is 1. The molecule has 0 amide bonds. The lowest BCUT2D eigenvalue weighted by Gasteiger charge is -2.07. The van der Waals surface area contributed by atoms with Crippen molar-refractivity contribution in [2.75, 3.05) is 5.73 Å². The normalized spacial score (nSPS) is 11.9. The van der Waals surface area contributed by atoms with E-state index in [2.05, 4.69) is 9.72 Å². The van der Waals surface area contributed by atoms with E-state index in [0.29, 0.717) is 10.6 Å². The van der Waals surface area contributed by atoms with Crippen LogP contribution < -0.4 is 10.5 Å². The van der Waals surface area contributed by atoms with Crippen molar-refractivity contribution in [2.45, 2.75) is 6.36 Å². The van der Waals surface area contributed by atoms with Crippen molar-refractivity contribution in [1.82, 2.24) is 4.98 Å². The van der Waals surface area contributed by atoms with E-state index in [0.717, 1.165) is 4.70 Å². The number of nitrogens with two attached hydrogens (primary N) is 1. The van der Waals surface area contributed by atoms with Gasteiger partial charge in [0.05, 0.1) is 10.2 Å². The summed E-state index contributed by atoms with van der Waals surface area (Å²) in [4.78, 5) is 3.85. The molecule has 0 radical (unpaired) electrons. The molecule has 1 heterocycles. The number of nitrogen functional groups attached to an aromatic ring is 1. The van der Waals surface area contributed by atoms with Gasteiger partial charge in [0, 0.05) is 6.07 Å². The fourth-order valence-corrected chi connectivity index (χ4v) is 1.84. The second-order valence-corrected chi connectivity index (χ2v) is 3.79. The first-order valence-corrected chi connectivity index (χ1v) is 4.67. The maximum absolute atomic E-state index is 11.9. The first-order chi connectivity index (χ1) is 6.94. The molecule has 2 aromatic rings. The molecule has 0 saturated carbocycles. The van der Waals surface area contributed by atoms with Crippen LogP contribution in [-0.2, 0) is 0 Å². The van der Waals surface area contributed by atoms with Crippen molar-refractivity contribution >= 4 is 26.7 Å². The molecule has 2 N–H and O–H groups in total. The molecule has 0 bridgehead atoms. The second kappa shape index (κ2) is 3.27. The molecule has 7 heteroatoms. The van der Waals surface area contributed by atoms with Gasteiger partial charge in [-0.15, -0.1) is 13.2 Å². The predicted octanol–water partition coefficient (Wildman–Crippen LogP) is 2.78. The molecule has 2 rings (SSSR count). The summed E-state index contributed by atoms with van der Waals surface area (Å²) in [7, 11) is 0. The highest BCUT2D eigenvalue weighted by molar-refractivity contribution is 7.22. The SMILES string of the molecule is Nc1nc2cc(OC(F)(F)F)ccc2s1.